The summed E-state index contributed by atoms with van der Waals surface area (Å²) in [6.07, 6.45) is 0. The first-order chi connectivity index (χ1) is 19.1. The molecule has 3 aromatic rings. The number of ether oxygens (including phenoxy) is 3. The molecule has 40 heavy (non-hydrogen) atoms. The summed E-state index contributed by atoms with van der Waals surface area (Å²) in [5, 5.41) is 3.00. The molecule has 1 aliphatic heterocycles. The molecule has 214 valence electrons. The minimum atomic E-state index is -4.20. The highest BCUT2D eigenvalue weighted by atomic mass is 35.5. The fraction of sp³-hybridized carbons (Fsp3) is 0.269. The second kappa shape index (κ2) is 12.4. The summed E-state index contributed by atoms with van der Waals surface area (Å²) in [4.78, 5) is 13.0. The smallest absolute Gasteiger partial charge is 0.264 e. The van der Waals surface area contributed by atoms with Crippen molar-refractivity contribution < 1.29 is 35.8 Å². The third-order valence-corrected chi connectivity index (χ3v) is 10.0. The summed E-state index contributed by atoms with van der Waals surface area (Å²) in [5.41, 5.74) is 0.358. The van der Waals surface area contributed by atoms with Crippen LogP contribution in [0.5, 0.6) is 11.5 Å². The van der Waals surface area contributed by atoms with Gasteiger partial charge in [-0.05, 0) is 66.7 Å². The number of morpholine rings is 1. The van der Waals surface area contributed by atoms with Crippen LogP contribution < -0.4 is 19.1 Å². The van der Waals surface area contributed by atoms with Crippen LogP contribution in [0, 0.1) is 0 Å². The van der Waals surface area contributed by atoms with Gasteiger partial charge in [-0.1, -0.05) is 11.6 Å². The summed E-state index contributed by atoms with van der Waals surface area (Å²) >= 11 is 6.00. The van der Waals surface area contributed by atoms with Gasteiger partial charge >= 0.3 is 0 Å². The number of rotatable bonds is 10. The lowest BCUT2D eigenvalue weighted by atomic mass is 10.3. The maximum atomic E-state index is 13.6. The monoisotopic (exact) mass is 609 g/mol. The number of hydrogen-bond acceptors (Lipinski definition) is 8. The Bertz CT molecular complexity index is 1560. The van der Waals surface area contributed by atoms with E-state index in [0.717, 1.165) is 4.31 Å². The van der Waals surface area contributed by atoms with Crippen molar-refractivity contribution in [3.05, 3.63) is 71.8 Å². The van der Waals surface area contributed by atoms with Gasteiger partial charge in [0.05, 0.1) is 38.0 Å². The molecule has 1 heterocycles. The third kappa shape index (κ3) is 6.50. The Kier molecular flexibility index (Phi) is 9.21. The van der Waals surface area contributed by atoms with E-state index in [1.807, 2.05) is 0 Å². The number of amides is 1. The van der Waals surface area contributed by atoms with Crippen LogP contribution in [0.15, 0.2) is 76.5 Å². The first-order valence-electron chi connectivity index (χ1n) is 12.0. The maximum Gasteiger partial charge on any atom is 0.264 e. The van der Waals surface area contributed by atoms with Crippen molar-refractivity contribution in [1.29, 1.82) is 0 Å². The highest BCUT2D eigenvalue weighted by molar-refractivity contribution is 7.92. The average Bonchev–Trinajstić information content (AvgIpc) is 2.97. The van der Waals surface area contributed by atoms with Crippen LogP contribution in [0.3, 0.4) is 0 Å². The molecule has 3 aromatic carbocycles. The topological polar surface area (TPSA) is 132 Å². The van der Waals surface area contributed by atoms with Crippen LogP contribution in [0.4, 0.5) is 11.4 Å². The van der Waals surface area contributed by atoms with Gasteiger partial charge in [0.25, 0.3) is 10.0 Å². The second-order valence-electron chi connectivity index (χ2n) is 8.59. The molecule has 0 atom stereocenters. The predicted molar refractivity (Wildman–Crippen MR) is 150 cm³/mol. The molecule has 1 N–H and O–H groups in total. The van der Waals surface area contributed by atoms with Gasteiger partial charge in [-0.25, -0.2) is 16.8 Å². The molecule has 1 saturated heterocycles. The first kappa shape index (κ1) is 29.6. The minimum absolute atomic E-state index is 0.0561. The second-order valence-corrected chi connectivity index (χ2v) is 12.8. The van der Waals surface area contributed by atoms with Crippen molar-refractivity contribution in [1.82, 2.24) is 4.31 Å². The van der Waals surface area contributed by atoms with Crippen LogP contribution in [-0.4, -0.2) is 74.1 Å². The van der Waals surface area contributed by atoms with E-state index in [1.165, 1.54) is 85.3 Å². The van der Waals surface area contributed by atoms with E-state index in [0.29, 0.717) is 10.8 Å². The summed E-state index contributed by atoms with van der Waals surface area (Å²) in [6.45, 7) is 0.290. The Morgan fingerprint density at radius 1 is 0.950 bits per heavy atom. The van der Waals surface area contributed by atoms with Gasteiger partial charge in [0, 0.05) is 23.8 Å². The molecule has 0 radical (unpaired) electrons. The number of sulfonamides is 2. The number of halogens is 1. The molecule has 0 aromatic heterocycles. The molecule has 0 unspecified atom stereocenters. The zero-order valence-electron chi connectivity index (χ0n) is 21.7. The Morgan fingerprint density at radius 2 is 1.60 bits per heavy atom. The maximum absolute atomic E-state index is 13.6. The Labute approximate surface area is 238 Å². The largest absolute Gasteiger partial charge is 0.497 e. The molecule has 1 fully saturated rings. The van der Waals surface area contributed by atoms with E-state index in [9.17, 15) is 21.6 Å². The summed E-state index contributed by atoms with van der Waals surface area (Å²) in [5.74, 6) is -0.127. The summed E-state index contributed by atoms with van der Waals surface area (Å²) in [7, 11) is -5.34. The molecule has 4 rings (SSSR count). The van der Waals surface area contributed by atoms with Crippen LogP contribution in [0.1, 0.15) is 0 Å². The SMILES string of the molecule is COc1ccc(S(=O)(=O)N(CC(=O)Nc2ccc(OC)c(S(=O)(=O)N3CCOCC3)c2)c2ccc(Cl)cc2)cc1. The lowest BCUT2D eigenvalue weighted by Crippen LogP contribution is -2.40. The molecule has 0 spiro atoms. The van der Waals surface area contributed by atoms with E-state index in [1.54, 1.807) is 0 Å². The molecule has 0 saturated carbocycles. The van der Waals surface area contributed by atoms with E-state index in [-0.39, 0.29) is 53.2 Å². The Hall–Kier alpha value is -3.36. The molecular formula is C26H28ClN3O8S2. The molecule has 0 bridgehead atoms. The van der Waals surface area contributed by atoms with E-state index >= 15 is 0 Å². The quantitative estimate of drug-likeness (QED) is 0.371. The van der Waals surface area contributed by atoms with Crippen LogP contribution in [-0.2, 0) is 29.6 Å². The van der Waals surface area contributed by atoms with Gasteiger partial charge < -0.3 is 19.5 Å². The van der Waals surface area contributed by atoms with Gasteiger partial charge in [-0.15, -0.1) is 0 Å². The Morgan fingerprint density at radius 3 is 2.20 bits per heavy atom. The van der Waals surface area contributed by atoms with Gasteiger partial charge in [0.15, 0.2) is 0 Å². The minimum Gasteiger partial charge on any atom is -0.497 e. The standard InChI is InChI=1S/C26H28ClN3O8S2/c1-36-22-8-10-23(11-9-22)39(32,33)30(21-6-3-19(27)4-7-21)18-26(31)28-20-5-12-24(37-2)25(17-20)40(34,35)29-13-15-38-16-14-29/h3-12,17H,13-16,18H2,1-2H3,(H,28,31). The number of benzene rings is 3. The van der Waals surface area contributed by atoms with E-state index in [4.69, 9.17) is 25.8 Å². The number of nitrogens with one attached hydrogen (secondary N) is 1. The summed E-state index contributed by atoms with van der Waals surface area (Å²) < 4.78 is 71.7. The summed E-state index contributed by atoms with van der Waals surface area (Å²) in [6, 6.07) is 15.9. The fourth-order valence-electron chi connectivity index (χ4n) is 4.01. The lowest BCUT2D eigenvalue weighted by molar-refractivity contribution is -0.114. The van der Waals surface area contributed by atoms with Gasteiger partial charge in [0.1, 0.15) is 22.9 Å². The molecule has 14 heteroatoms. The number of carbonyl (C=O) groups excluding carboxylic acids is 1. The van der Waals surface area contributed by atoms with Crippen molar-refractivity contribution in [3.8, 4) is 11.5 Å². The molecular weight excluding hydrogens is 582 g/mol. The predicted octanol–water partition coefficient (Wildman–Crippen LogP) is 3.21. The van der Waals surface area contributed by atoms with Gasteiger partial charge in [0.2, 0.25) is 15.9 Å². The van der Waals surface area contributed by atoms with Crippen LogP contribution in [0.2, 0.25) is 5.02 Å². The number of nitrogens with zero attached hydrogens (tertiary/aromatic N) is 2. The zero-order chi connectivity index (χ0) is 28.9. The first-order valence-corrected chi connectivity index (χ1v) is 15.3. The van der Waals surface area contributed by atoms with Crippen molar-refractivity contribution in [2.24, 2.45) is 0 Å². The number of hydrogen-bond donors (Lipinski definition) is 1. The van der Waals surface area contributed by atoms with Crippen molar-refractivity contribution >= 4 is 48.9 Å². The molecule has 1 aliphatic rings. The van der Waals surface area contributed by atoms with Gasteiger partial charge in [-0.2, -0.15) is 4.31 Å². The Balaban J connectivity index is 1.63. The fourth-order valence-corrected chi connectivity index (χ4v) is 7.15. The highest BCUT2D eigenvalue weighted by Crippen LogP contribution is 2.31. The van der Waals surface area contributed by atoms with Crippen molar-refractivity contribution in [3.63, 3.8) is 0 Å². The number of methoxy groups -OCH3 is 2. The molecule has 11 nitrogen and oxygen atoms in total. The van der Waals surface area contributed by atoms with Gasteiger partial charge in [-0.3, -0.25) is 9.10 Å². The van der Waals surface area contributed by atoms with Crippen molar-refractivity contribution in [2.45, 2.75) is 9.79 Å². The highest BCUT2D eigenvalue weighted by Gasteiger charge is 2.31. The molecule has 0 aliphatic carbocycles. The average molecular weight is 610 g/mol. The zero-order valence-corrected chi connectivity index (χ0v) is 24.1. The number of carbonyl (C=O) groups is 1. The third-order valence-electron chi connectivity index (χ3n) is 6.08. The number of anilines is 2. The van der Waals surface area contributed by atoms with E-state index < -0.39 is 32.5 Å². The molecule has 1 amide bonds. The van der Waals surface area contributed by atoms with Crippen LogP contribution >= 0.6 is 11.6 Å². The normalized spacial score (nSPS) is 14.4. The lowest BCUT2D eigenvalue weighted by Gasteiger charge is -2.27. The van der Waals surface area contributed by atoms with Crippen molar-refractivity contribution in [2.75, 3.05) is 56.7 Å². The van der Waals surface area contributed by atoms with Crippen LogP contribution in [0.25, 0.3) is 0 Å². The van der Waals surface area contributed by atoms with E-state index in [2.05, 4.69) is 5.32 Å².